The molecule has 0 heterocycles. The lowest BCUT2D eigenvalue weighted by atomic mass is 10.1. The van der Waals surface area contributed by atoms with E-state index in [2.05, 4.69) is 0 Å². The van der Waals surface area contributed by atoms with E-state index >= 15 is 0 Å². The number of benzene rings is 3. The first-order valence-corrected chi connectivity index (χ1v) is 9.91. The Balaban J connectivity index is 1.83. The molecule has 0 aromatic heterocycles. The van der Waals surface area contributed by atoms with Gasteiger partial charge in [0, 0.05) is 18.7 Å². The lowest BCUT2D eigenvalue weighted by Crippen LogP contribution is -2.30. The quantitative estimate of drug-likeness (QED) is 0.506. The Kier molecular flexibility index (Phi) is 7.33. The van der Waals surface area contributed by atoms with Crippen molar-refractivity contribution in [3.05, 3.63) is 89.5 Å². The molecule has 0 unspecified atom stereocenters. The van der Waals surface area contributed by atoms with Gasteiger partial charge in [0.2, 0.25) is 0 Å². The van der Waals surface area contributed by atoms with E-state index in [4.69, 9.17) is 14.2 Å². The number of methoxy groups -OCH3 is 2. The molecule has 5 nitrogen and oxygen atoms in total. The molecule has 3 aromatic rings. The van der Waals surface area contributed by atoms with Gasteiger partial charge in [-0.05, 0) is 66.6 Å². The second-order valence-electron chi connectivity index (χ2n) is 6.81. The van der Waals surface area contributed by atoms with E-state index in [0.717, 1.165) is 28.4 Å². The molecule has 0 atom stereocenters. The number of rotatable bonds is 9. The van der Waals surface area contributed by atoms with Gasteiger partial charge in [-0.1, -0.05) is 24.3 Å². The van der Waals surface area contributed by atoms with Gasteiger partial charge in [0.05, 0.1) is 20.8 Å². The van der Waals surface area contributed by atoms with Gasteiger partial charge in [0.25, 0.3) is 5.91 Å². The number of carbonyl (C=O) groups is 1. The topological polar surface area (TPSA) is 48.0 Å². The summed E-state index contributed by atoms with van der Waals surface area (Å²) in [5.41, 5.74) is 2.69. The number of ether oxygens (including phenoxy) is 3. The lowest BCUT2D eigenvalue weighted by Gasteiger charge is -2.23. The SMILES string of the molecule is CCOc1ccc(C(=O)N(Cc2ccc(OC)cc2)Cc2ccc(OC)cc2)cc1. The van der Waals surface area contributed by atoms with Gasteiger partial charge in [-0.15, -0.1) is 0 Å². The number of hydrogen-bond acceptors (Lipinski definition) is 4. The predicted octanol–water partition coefficient (Wildman–Crippen LogP) is 4.95. The standard InChI is InChI=1S/C25H27NO4/c1-4-30-24-15-9-21(10-16-24)25(27)26(17-19-5-11-22(28-2)12-6-19)18-20-7-13-23(29-3)14-8-20/h5-16H,4,17-18H2,1-3H3. The highest BCUT2D eigenvalue weighted by molar-refractivity contribution is 5.94. The van der Waals surface area contributed by atoms with Gasteiger partial charge in [-0.2, -0.15) is 0 Å². The van der Waals surface area contributed by atoms with Gasteiger partial charge in [0.15, 0.2) is 0 Å². The summed E-state index contributed by atoms with van der Waals surface area (Å²) in [5.74, 6) is 2.30. The Bertz CT molecular complexity index is 885. The van der Waals surface area contributed by atoms with Gasteiger partial charge in [0.1, 0.15) is 17.2 Å². The minimum absolute atomic E-state index is 0.0373. The lowest BCUT2D eigenvalue weighted by molar-refractivity contribution is 0.0730. The second-order valence-corrected chi connectivity index (χ2v) is 6.81. The summed E-state index contributed by atoms with van der Waals surface area (Å²) in [6.45, 7) is 3.50. The van der Waals surface area contributed by atoms with Crippen LogP contribution in [0.4, 0.5) is 0 Å². The Morgan fingerprint density at radius 2 is 1.13 bits per heavy atom. The van der Waals surface area contributed by atoms with Crippen molar-refractivity contribution < 1.29 is 19.0 Å². The van der Waals surface area contributed by atoms with Crippen LogP contribution >= 0.6 is 0 Å². The van der Waals surface area contributed by atoms with Crippen LogP contribution in [0.2, 0.25) is 0 Å². The van der Waals surface area contributed by atoms with Crippen molar-refractivity contribution in [1.82, 2.24) is 4.90 Å². The molecule has 0 bridgehead atoms. The van der Waals surface area contributed by atoms with E-state index in [0.29, 0.717) is 25.3 Å². The van der Waals surface area contributed by atoms with Crippen LogP contribution in [0.3, 0.4) is 0 Å². The van der Waals surface area contributed by atoms with E-state index in [9.17, 15) is 4.79 Å². The molecule has 1 amide bonds. The molecule has 0 saturated heterocycles. The molecule has 0 aliphatic carbocycles. The molecule has 0 N–H and O–H groups in total. The fraction of sp³-hybridized carbons (Fsp3) is 0.240. The van der Waals surface area contributed by atoms with E-state index in [1.54, 1.807) is 14.2 Å². The highest BCUT2D eigenvalue weighted by Crippen LogP contribution is 2.20. The van der Waals surface area contributed by atoms with E-state index < -0.39 is 0 Å². The van der Waals surface area contributed by atoms with Gasteiger partial charge < -0.3 is 19.1 Å². The molecule has 0 aliphatic heterocycles. The maximum absolute atomic E-state index is 13.3. The van der Waals surface area contributed by atoms with Crippen molar-refractivity contribution in [1.29, 1.82) is 0 Å². The Hall–Kier alpha value is -3.47. The molecular formula is C25H27NO4. The Morgan fingerprint density at radius 3 is 1.53 bits per heavy atom. The first-order valence-electron chi connectivity index (χ1n) is 9.91. The fourth-order valence-electron chi connectivity index (χ4n) is 3.15. The van der Waals surface area contributed by atoms with E-state index in [1.165, 1.54) is 0 Å². The largest absolute Gasteiger partial charge is 0.497 e. The third kappa shape index (κ3) is 5.54. The van der Waals surface area contributed by atoms with Crippen molar-refractivity contribution in [2.45, 2.75) is 20.0 Å². The average Bonchev–Trinajstić information content (AvgIpc) is 2.80. The molecule has 0 aliphatic rings. The van der Waals surface area contributed by atoms with Crippen molar-refractivity contribution in [3.63, 3.8) is 0 Å². The van der Waals surface area contributed by atoms with Crippen LogP contribution in [0, 0.1) is 0 Å². The van der Waals surface area contributed by atoms with E-state index in [-0.39, 0.29) is 5.91 Å². The van der Waals surface area contributed by atoms with Crippen LogP contribution in [0.15, 0.2) is 72.8 Å². The maximum atomic E-state index is 13.3. The zero-order valence-corrected chi connectivity index (χ0v) is 17.6. The molecule has 3 aromatic carbocycles. The predicted molar refractivity (Wildman–Crippen MR) is 117 cm³/mol. The van der Waals surface area contributed by atoms with E-state index in [1.807, 2.05) is 84.6 Å². The van der Waals surface area contributed by atoms with Crippen LogP contribution in [-0.2, 0) is 13.1 Å². The van der Waals surface area contributed by atoms with Crippen LogP contribution in [0.5, 0.6) is 17.2 Å². The number of amides is 1. The summed E-state index contributed by atoms with van der Waals surface area (Å²) >= 11 is 0. The van der Waals surface area contributed by atoms with Crippen LogP contribution in [-0.4, -0.2) is 31.6 Å². The normalized spacial score (nSPS) is 10.4. The number of hydrogen-bond donors (Lipinski definition) is 0. The van der Waals surface area contributed by atoms with Crippen molar-refractivity contribution >= 4 is 5.91 Å². The molecule has 156 valence electrons. The summed E-state index contributed by atoms with van der Waals surface area (Å²) in [5, 5.41) is 0. The number of nitrogens with zero attached hydrogens (tertiary/aromatic N) is 1. The van der Waals surface area contributed by atoms with Crippen LogP contribution in [0.25, 0.3) is 0 Å². The Labute approximate surface area is 177 Å². The summed E-state index contributed by atoms with van der Waals surface area (Å²) < 4.78 is 16.0. The summed E-state index contributed by atoms with van der Waals surface area (Å²) in [6.07, 6.45) is 0. The highest BCUT2D eigenvalue weighted by Gasteiger charge is 2.17. The molecule has 0 saturated carbocycles. The summed E-state index contributed by atoms with van der Waals surface area (Å²) in [7, 11) is 3.28. The van der Waals surface area contributed by atoms with Crippen molar-refractivity contribution in [2.75, 3.05) is 20.8 Å². The molecule has 5 heteroatoms. The summed E-state index contributed by atoms with van der Waals surface area (Å²) in [6, 6.07) is 22.8. The maximum Gasteiger partial charge on any atom is 0.254 e. The molecule has 30 heavy (non-hydrogen) atoms. The van der Waals surface area contributed by atoms with Crippen LogP contribution in [0.1, 0.15) is 28.4 Å². The second kappa shape index (κ2) is 10.3. The molecular weight excluding hydrogens is 378 g/mol. The van der Waals surface area contributed by atoms with Crippen LogP contribution < -0.4 is 14.2 Å². The molecule has 0 fully saturated rings. The van der Waals surface area contributed by atoms with Gasteiger partial charge in [-0.3, -0.25) is 4.79 Å². The van der Waals surface area contributed by atoms with Gasteiger partial charge in [-0.25, -0.2) is 0 Å². The first kappa shape index (κ1) is 21.2. The molecule has 0 radical (unpaired) electrons. The van der Waals surface area contributed by atoms with Crippen molar-refractivity contribution in [3.8, 4) is 17.2 Å². The van der Waals surface area contributed by atoms with Gasteiger partial charge >= 0.3 is 0 Å². The highest BCUT2D eigenvalue weighted by atomic mass is 16.5. The minimum atomic E-state index is -0.0373. The monoisotopic (exact) mass is 405 g/mol. The zero-order valence-electron chi connectivity index (χ0n) is 17.6. The average molecular weight is 405 g/mol. The number of carbonyl (C=O) groups excluding carboxylic acids is 1. The summed E-state index contributed by atoms with van der Waals surface area (Å²) in [4.78, 5) is 15.1. The third-order valence-electron chi connectivity index (χ3n) is 4.76. The fourth-order valence-corrected chi connectivity index (χ4v) is 3.15. The Morgan fingerprint density at radius 1 is 0.700 bits per heavy atom. The van der Waals surface area contributed by atoms with Crippen molar-refractivity contribution in [2.24, 2.45) is 0 Å². The third-order valence-corrected chi connectivity index (χ3v) is 4.76. The molecule has 3 rings (SSSR count). The zero-order chi connectivity index (χ0) is 21.3. The molecule has 0 spiro atoms. The minimum Gasteiger partial charge on any atom is -0.497 e. The first-order chi connectivity index (χ1) is 14.6. The smallest absolute Gasteiger partial charge is 0.254 e.